The highest BCUT2D eigenvalue weighted by atomic mass is 35.5. The van der Waals surface area contributed by atoms with Gasteiger partial charge in [0.2, 0.25) is 5.88 Å². The molecule has 1 aliphatic heterocycles. The number of hydrogen-bond acceptors (Lipinski definition) is 3. The number of hydrogen-bond donors (Lipinski definition) is 1. The van der Waals surface area contributed by atoms with Gasteiger partial charge in [0.05, 0.1) is 6.61 Å². The lowest BCUT2D eigenvalue weighted by atomic mass is 10.3. The van der Waals surface area contributed by atoms with Crippen molar-refractivity contribution in [3.8, 4) is 5.88 Å². The highest BCUT2D eigenvalue weighted by molar-refractivity contribution is 5.85. The Morgan fingerprint density at radius 3 is 2.58 bits per heavy atom. The molecule has 1 aliphatic carbocycles. The monoisotopic (exact) mass is 294 g/mol. The van der Waals surface area contributed by atoms with Crippen LogP contribution in [0, 0.1) is 17.8 Å². The first kappa shape index (κ1) is 14.4. The molecule has 2 unspecified atom stereocenters. The summed E-state index contributed by atoms with van der Waals surface area (Å²) in [5, 5.41) is 3.26. The zero-order valence-electron chi connectivity index (χ0n) is 9.98. The number of nitrogens with zero attached hydrogens (tertiary/aromatic N) is 1. The fraction of sp³-hybridized carbons (Fsp3) is 0.583. The van der Waals surface area contributed by atoms with E-state index in [2.05, 4.69) is 10.3 Å². The molecule has 1 saturated heterocycles. The maximum absolute atomic E-state index is 12.4. The molecule has 19 heavy (non-hydrogen) atoms. The summed E-state index contributed by atoms with van der Waals surface area (Å²) < 4.78 is 42.7. The van der Waals surface area contributed by atoms with Crippen molar-refractivity contribution in [2.24, 2.45) is 17.8 Å². The maximum Gasteiger partial charge on any atom is 0.433 e. The van der Waals surface area contributed by atoms with Crippen molar-refractivity contribution >= 4 is 12.4 Å². The van der Waals surface area contributed by atoms with Crippen molar-refractivity contribution < 1.29 is 17.9 Å². The molecule has 0 bridgehead atoms. The van der Waals surface area contributed by atoms with Crippen LogP contribution in [0.25, 0.3) is 0 Å². The van der Waals surface area contributed by atoms with Gasteiger partial charge in [-0.15, -0.1) is 12.4 Å². The number of alkyl halides is 3. The molecule has 0 radical (unpaired) electrons. The Kier molecular flexibility index (Phi) is 3.92. The summed E-state index contributed by atoms with van der Waals surface area (Å²) in [5.74, 6) is 1.80. The van der Waals surface area contributed by atoms with E-state index in [4.69, 9.17) is 4.74 Å². The summed E-state index contributed by atoms with van der Waals surface area (Å²) >= 11 is 0. The summed E-state index contributed by atoms with van der Waals surface area (Å²) in [5.41, 5.74) is -0.905. The number of halogens is 4. The van der Waals surface area contributed by atoms with Crippen LogP contribution in [0.15, 0.2) is 18.2 Å². The molecule has 2 fully saturated rings. The van der Waals surface area contributed by atoms with Crippen LogP contribution in [-0.2, 0) is 6.18 Å². The second kappa shape index (κ2) is 5.17. The van der Waals surface area contributed by atoms with Gasteiger partial charge in [-0.1, -0.05) is 6.07 Å². The number of ether oxygens (including phenoxy) is 1. The van der Waals surface area contributed by atoms with Gasteiger partial charge in [0.25, 0.3) is 0 Å². The Hall–Kier alpha value is -1.01. The van der Waals surface area contributed by atoms with Crippen LogP contribution < -0.4 is 10.1 Å². The van der Waals surface area contributed by atoms with E-state index >= 15 is 0 Å². The van der Waals surface area contributed by atoms with Gasteiger partial charge in [-0.2, -0.15) is 13.2 Å². The predicted octanol–water partition coefficient (Wildman–Crippen LogP) is 2.37. The molecule has 1 saturated carbocycles. The molecule has 3 rings (SSSR count). The highest BCUT2D eigenvalue weighted by Crippen LogP contribution is 2.48. The van der Waals surface area contributed by atoms with E-state index in [0.717, 1.165) is 19.2 Å². The van der Waals surface area contributed by atoms with Gasteiger partial charge in [0, 0.05) is 12.0 Å². The van der Waals surface area contributed by atoms with Crippen molar-refractivity contribution in [1.82, 2.24) is 10.3 Å². The van der Waals surface area contributed by atoms with E-state index < -0.39 is 11.9 Å². The van der Waals surface area contributed by atoms with Gasteiger partial charge < -0.3 is 10.1 Å². The number of fused-ring (bicyclic) bond motifs is 1. The fourth-order valence-corrected chi connectivity index (χ4v) is 2.63. The summed E-state index contributed by atoms with van der Waals surface area (Å²) in [6, 6.07) is 3.73. The Bertz CT molecular complexity index is 445. The van der Waals surface area contributed by atoms with Crippen molar-refractivity contribution in [1.29, 1.82) is 0 Å². The summed E-state index contributed by atoms with van der Waals surface area (Å²) in [6.07, 6.45) is -4.42. The Morgan fingerprint density at radius 2 is 1.95 bits per heavy atom. The van der Waals surface area contributed by atoms with E-state index in [9.17, 15) is 13.2 Å². The number of nitrogens with one attached hydrogen (secondary N) is 1. The third-order valence-electron chi connectivity index (χ3n) is 3.71. The van der Waals surface area contributed by atoms with E-state index in [0.29, 0.717) is 24.4 Å². The average molecular weight is 295 g/mol. The van der Waals surface area contributed by atoms with Crippen LogP contribution in [0.1, 0.15) is 5.69 Å². The largest absolute Gasteiger partial charge is 0.477 e. The Labute approximate surface area is 115 Å². The average Bonchev–Trinajstić information content (AvgIpc) is 2.77. The van der Waals surface area contributed by atoms with E-state index in [1.54, 1.807) is 0 Å². The van der Waals surface area contributed by atoms with Gasteiger partial charge in [-0.25, -0.2) is 4.98 Å². The molecule has 2 heterocycles. The molecule has 3 nitrogen and oxygen atoms in total. The summed E-state index contributed by atoms with van der Waals surface area (Å²) in [7, 11) is 0. The van der Waals surface area contributed by atoms with Crippen molar-refractivity contribution in [3.63, 3.8) is 0 Å². The summed E-state index contributed by atoms with van der Waals surface area (Å²) in [6.45, 7) is 2.45. The number of piperidine rings is 1. The van der Waals surface area contributed by atoms with Crippen LogP contribution in [0.2, 0.25) is 0 Å². The number of aromatic nitrogens is 1. The van der Waals surface area contributed by atoms with E-state index in [1.807, 2.05) is 0 Å². The lowest BCUT2D eigenvalue weighted by molar-refractivity contribution is -0.141. The number of rotatable bonds is 3. The van der Waals surface area contributed by atoms with Gasteiger partial charge in [-0.3, -0.25) is 0 Å². The SMILES string of the molecule is Cl.FC(F)(F)c1cccc(OCC2C3CNCC32)n1. The third kappa shape index (κ3) is 2.95. The molecule has 1 N–H and O–H groups in total. The topological polar surface area (TPSA) is 34.1 Å². The molecule has 1 aromatic rings. The zero-order chi connectivity index (χ0) is 12.8. The highest BCUT2D eigenvalue weighted by Gasteiger charge is 2.53. The van der Waals surface area contributed by atoms with Crippen LogP contribution in [-0.4, -0.2) is 24.7 Å². The third-order valence-corrected chi connectivity index (χ3v) is 3.71. The lowest BCUT2D eigenvalue weighted by Gasteiger charge is -2.10. The molecule has 106 valence electrons. The van der Waals surface area contributed by atoms with Gasteiger partial charge in [-0.05, 0) is 31.0 Å². The quantitative estimate of drug-likeness (QED) is 0.929. The standard InChI is InChI=1S/C12H13F3N2O.ClH/c13-12(14,15)10-2-1-3-11(17-10)18-6-9-7-4-16-5-8(7)9;/h1-3,7-9,16H,4-6H2;1H. The molecular formula is C12H14ClF3N2O. The molecule has 0 spiro atoms. The van der Waals surface area contributed by atoms with Crippen LogP contribution in [0.4, 0.5) is 13.2 Å². The van der Waals surface area contributed by atoms with Crippen molar-refractivity contribution in [3.05, 3.63) is 23.9 Å². The minimum Gasteiger partial charge on any atom is -0.477 e. The molecule has 2 atom stereocenters. The molecule has 2 aliphatic rings. The van der Waals surface area contributed by atoms with Crippen LogP contribution in [0.3, 0.4) is 0 Å². The molecule has 0 amide bonds. The maximum atomic E-state index is 12.4. The number of pyridine rings is 1. The minimum atomic E-state index is -4.42. The second-order valence-corrected chi connectivity index (χ2v) is 4.82. The fourth-order valence-electron chi connectivity index (χ4n) is 2.63. The lowest BCUT2D eigenvalue weighted by Crippen LogP contribution is -2.18. The predicted molar refractivity (Wildman–Crippen MR) is 65.3 cm³/mol. The van der Waals surface area contributed by atoms with Crippen molar-refractivity contribution in [2.75, 3.05) is 19.7 Å². The first-order valence-electron chi connectivity index (χ1n) is 5.93. The first-order valence-corrected chi connectivity index (χ1v) is 5.93. The van der Waals surface area contributed by atoms with Gasteiger partial charge in [0.15, 0.2) is 0 Å². The Balaban J connectivity index is 0.00000133. The van der Waals surface area contributed by atoms with Gasteiger partial charge >= 0.3 is 6.18 Å². The molecular weight excluding hydrogens is 281 g/mol. The normalized spacial score (nSPS) is 28.5. The van der Waals surface area contributed by atoms with Gasteiger partial charge in [0.1, 0.15) is 5.69 Å². The van der Waals surface area contributed by atoms with Crippen LogP contribution >= 0.6 is 12.4 Å². The Morgan fingerprint density at radius 1 is 1.26 bits per heavy atom. The summed E-state index contributed by atoms with van der Waals surface area (Å²) in [4.78, 5) is 3.47. The van der Waals surface area contributed by atoms with E-state index in [-0.39, 0.29) is 18.3 Å². The van der Waals surface area contributed by atoms with Crippen LogP contribution in [0.5, 0.6) is 5.88 Å². The molecule has 1 aromatic heterocycles. The van der Waals surface area contributed by atoms with E-state index in [1.165, 1.54) is 12.1 Å². The first-order chi connectivity index (χ1) is 8.55. The minimum absolute atomic E-state index is 0. The zero-order valence-corrected chi connectivity index (χ0v) is 10.8. The molecule has 0 aromatic carbocycles. The second-order valence-electron chi connectivity index (χ2n) is 4.82. The smallest absolute Gasteiger partial charge is 0.433 e. The van der Waals surface area contributed by atoms with Crippen molar-refractivity contribution in [2.45, 2.75) is 6.18 Å². The molecule has 7 heteroatoms.